The maximum Gasteiger partial charge on any atom is 0.257 e. The van der Waals surface area contributed by atoms with Crippen molar-refractivity contribution >= 4 is 17.5 Å². The van der Waals surface area contributed by atoms with Crippen molar-refractivity contribution in [3.05, 3.63) is 29.3 Å². The van der Waals surface area contributed by atoms with E-state index in [4.69, 9.17) is 5.73 Å². The van der Waals surface area contributed by atoms with E-state index in [0.29, 0.717) is 13.0 Å². The van der Waals surface area contributed by atoms with E-state index in [2.05, 4.69) is 5.32 Å². The number of anilines is 1. The minimum atomic E-state index is -0.914. The third-order valence-corrected chi connectivity index (χ3v) is 3.41. The average molecular weight is 297 g/mol. The molecule has 7 heteroatoms. The molecule has 2 amide bonds. The van der Waals surface area contributed by atoms with Gasteiger partial charge in [0.15, 0.2) is 5.82 Å². The summed E-state index contributed by atoms with van der Waals surface area (Å²) in [6.07, 6.45) is 1.43. The summed E-state index contributed by atoms with van der Waals surface area (Å²) in [4.78, 5) is 24.8. The third kappa shape index (κ3) is 3.48. The van der Waals surface area contributed by atoms with Crippen molar-refractivity contribution in [3.63, 3.8) is 0 Å². The molecule has 5 nitrogen and oxygen atoms in total. The van der Waals surface area contributed by atoms with Gasteiger partial charge >= 0.3 is 0 Å². The Kier molecular flexibility index (Phi) is 4.40. The second-order valence-electron chi connectivity index (χ2n) is 5.15. The van der Waals surface area contributed by atoms with Crippen LogP contribution < -0.4 is 11.1 Å². The second-order valence-corrected chi connectivity index (χ2v) is 5.15. The van der Waals surface area contributed by atoms with Crippen LogP contribution in [0.2, 0.25) is 0 Å². The fourth-order valence-corrected chi connectivity index (χ4v) is 2.50. The highest BCUT2D eigenvalue weighted by molar-refractivity contribution is 5.95. The molecule has 1 aliphatic rings. The number of nitrogen functional groups attached to an aromatic ring is 1. The van der Waals surface area contributed by atoms with Gasteiger partial charge in [-0.3, -0.25) is 9.59 Å². The molecule has 1 aliphatic heterocycles. The second kappa shape index (κ2) is 6.07. The summed E-state index contributed by atoms with van der Waals surface area (Å²) in [7, 11) is 0. The Morgan fingerprint density at radius 3 is 2.76 bits per heavy atom. The summed E-state index contributed by atoms with van der Waals surface area (Å²) >= 11 is 0. The third-order valence-electron chi connectivity index (χ3n) is 3.41. The van der Waals surface area contributed by atoms with E-state index in [9.17, 15) is 18.4 Å². The number of likely N-dealkylation sites (tertiary alicyclic amines) is 1. The van der Waals surface area contributed by atoms with Crippen molar-refractivity contribution < 1.29 is 18.4 Å². The van der Waals surface area contributed by atoms with E-state index in [0.717, 1.165) is 18.6 Å². The van der Waals surface area contributed by atoms with Gasteiger partial charge in [0, 0.05) is 26.1 Å². The zero-order valence-corrected chi connectivity index (χ0v) is 11.7. The number of hydrogen-bond acceptors (Lipinski definition) is 3. The zero-order chi connectivity index (χ0) is 15.6. The molecule has 0 spiro atoms. The number of carbonyl (C=O) groups is 2. The van der Waals surface area contributed by atoms with Gasteiger partial charge in [0.25, 0.3) is 5.91 Å². The van der Waals surface area contributed by atoms with E-state index in [-0.39, 0.29) is 24.1 Å². The summed E-state index contributed by atoms with van der Waals surface area (Å²) in [5.41, 5.74) is 4.57. The molecule has 114 valence electrons. The monoisotopic (exact) mass is 297 g/mol. The quantitative estimate of drug-likeness (QED) is 0.808. The summed E-state index contributed by atoms with van der Waals surface area (Å²) in [6.45, 7) is 2.10. The standard InChI is InChI=1S/C14H17F2N3O2/c1-8(20)18-10-3-2-4-19(7-10)14(21)11-5-9(15)6-12(17)13(11)16/h5-6,10H,2-4,7,17H2,1H3,(H,18,20). The molecule has 1 heterocycles. The number of benzene rings is 1. The Morgan fingerprint density at radius 2 is 2.10 bits per heavy atom. The molecule has 1 aromatic rings. The molecule has 1 aromatic carbocycles. The number of piperidine rings is 1. The molecule has 1 atom stereocenters. The largest absolute Gasteiger partial charge is 0.396 e. The molecular formula is C14H17F2N3O2. The zero-order valence-electron chi connectivity index (χ0n) is 11.7. The van der Waals surface area contributed by atoms with Crippen LogP contribution in [0.25, 0.3) is 0 Å². The van der Waals surface area contributed by atoms with Crippen LogP contribution in [0.15, 0.2) is 12.1 Å². The molecule has 21 heavy (non-hydrogen) atoms. The predicted octanol–water partition coefficient (Wildman–Crippen LogP) is 1.29. The van der Waals surface area contributed by atoms with E-state index < -0.39 is 23.2 Å². The highest BCUT2D eigenvalue weighted by atomic mass is 19.1. The molecule has 0 aromatic heterocycles. The van der Waals surface area contributed by atoms with Crippen LogP contribution in [-0.4, -0.2) is 35.8 Å². The molecule has 3 N–H and O–H groups in total. The molecule has 1 saturated heterocycles. The number of hydrogen-bond donors (Lipinski definition) is 2. The van der Waals surface area contributed by atoms with Crippen LogP contribution in [0, 0.1) is 11.6 Å². The summed E-state index contributed by atoms with van der Waals surface area (Å²) in [5, 5.41) is 2.73. The van der Waals surface area contributed by atoms with Gasteiger partial charge in [-0.1, -0.05) is 0 Å². The predicted molar refractivity (Wildman–Crippen MR) is 73.5 cm³/mol. The van der Waals surface area contributed by atoms with Gasteiger partial charge in [-0.05, 0) is 25.0 Å². The molecule has 0 saturated carbocycles. The van der Waals surface area contributed by atoms with E-state index in [1.54, 1.807) is 0 Å². The van der Waals surface area contributed by atoms with Crippen LogP contribution in [0.3, 0.4) is 0 Å². The number of nitrogens with two attached hydrogens (primary N) is 1. The first-order valence-corrected chi connectivity index (χ1v) is 6.69. The van der Waals surface area contributed by atoms with Gasteiger partial charge in [0.2, 0.25) is 5.91 Å². The van der Waals surface area contributed by atoms with E-state index in [1.807, 2.05) is 0 Å². The van der Waals surface area contributed by atoms with Gasteiger partial charge in [0.05, 0.1) is 11.3 Å². The number of nitrogens with zero attached hydrogens (tertiary/aromatic N) is 1. The Bertz CT molecular complexity index is 578. The van der Waals surface area contributed by atoms with Gasteiger partial charge in [0.1, 0.15) is 5.82 Å². The number of carbonyl (C=O) groups excluding carboxylic acids is 2. The molecule has 0 radical (unpaired) electrons. The molecule has 1 fully saturated rings. The first kappa shape index (κ1) is 15.2. The van der Waals surface area contributed by atoms with Gasteiger partial charge in [-0.2, -0.15) is 0 Å². The molecule has 2 rings (SSSR count). The number of halogens is 2. The molecule has 0 bridgehead atoms. The molecular weight excluding hydrogens is 280 g/mol. The normalized spacial score (nSPS) is 18.4. The number of amides is 2. The Balaban J connectivity index is 2.18. The van der Waals surface area contributed by atoms with Gasteiger partial charge < -0.3 is 16.0 Å². The first-order valence-electron chi connectivity index (χ1n) is 6.69. The first-order chi connectivity index (χ1) is 9.88. The number of nitrogens with one attached hydrogen (secondary N) is 1. The fourth-order valence-electron chi connectivity index (χ4n) is 2.50. The highest BCUT2D eigenvalue weighted by Crippen LogP contribution is 2.21. The highest BCUT2D eigenvalue weighted by Gasteiger charge is 2.27. The Morgan fingerprint density at radius 1 is 1.38 bits per heavy atom. The van der Waals surface area contributed by atoms with Gasteiger partial charge in [-0.15, -0.1) is 0 Å². The minimum absolute atomic E-state index is 0.172. The minimum Gasteiger partial charge on any atom is -0.396 e. The summed E-state index contributed by atoms with van der Waals surface area (Å²) in [6, 6.07) is 1.51. The van der Waals surface area contributed by atoms with Crippen molar-refractivity contribution in [1.82, 2.24) is 10.2 Å². The Hall–Kier alpha value is -2.18. The lowest BCUT2D eigenvalue weighted by Gasteiger charge is -2.33. The van der Waals surface area contributed by atoms with Crippen molar-refractivity contribution in [2.24, 2.45) is 0 Å². The van der Waals surface area contributed by atoms with Crippen LogP contribution in [-0.2, 0) is 4.79 Å². The lowest BCUT2D eigenvalue weighted by molar-refractivity contribution is -0.120. The smallest absolute Gasteiger partial charge is 0.257 e. The fraction of sp³-hybridized carbons (Fsp3) is 0.429. The van der Waals surface area contributed by atoms with Crippen molar-refractivity contribution in [1.29, 1.82) is 0 Å². The van der Waals surface area contributed by atoms with Crippen molar-refractivity contribution in [2.45, 2.75) is 25.8 Å². The molecule has 0 aliphatic carbocycles. The summed E-state index contributed by atoms with van der Waals surface area (Å²) < 4.78 is 27.2. The van der Waals surface area contributed by atoms with Gasteiger partial charge in [-0.25, -0.2) is 8.78 Å². The average Bonchev–Trinajstić information content (AvgIpc) is 2.41. The van der Waals surface area contributed by atoms with Crippen LogP contribution in [0.5, 0.6) is 0 Å². The van der Waals surface area contributed by atoms with Crippen LogP contribution in [0.4, 0.5) is 14.5 Å². The van der Waals surface area contributed by atoms with Crippen molar-refractivity contribution in [3.8, 4) is 0 Å². The molecule has 1 unspecified atom stereocenters. The van der Waals surface area contributed by atoms with E-state index >= 15 is 0 Å². The lowest BCUT2D eigenvalue weighted by Crippen LogP contribution is -2.49. The SMILES string of the molecule is CC(=O)NC1CCCN(C(=O)c2cc(F)cc(N)c2F)C1. The topological polar surface area (TPSA) is 75.4 Å². The van der Waals surface area contributed by atoms with Crippen LogP contribution >= 0.6 is 0 Å². The van der Waals surface area contributed by atoms with Crippen molar-refractivity contribution in [2.75, 3.05) is 18.8 Å². The van der Waals surface area contributed by atoms with Crippen LogP contribution in [0.1, 0.15) is 30.1 Å². The maximum absolute atomic E-state index is 13.9. The number of rotatable bonds is 2. The maximum atomic E-state index is 13.9. The Labute approximate surface area is 121 Å². The lowest BCUT2D eigenvalue weighted by atomic mass is 10.0. The summed E-state index contributed by atoms with van der Waals surface area (Å²) in [5.74, 6) is -2.47. The van der Waals surface area contributed by atoms with E-state index in [1.165, 1.54) is 11.8 Å².